The Morgan fingerprint density at radius 3 is 0.971 bits per heavy atom. The maximum Gasteiger partial charge on any atom is 0.283 e. The van der Waals surface area contributed by atoms with Crippen molar-refractivity contribution in [2.75, 3.05) is 118 Å². The monoisotopic (exact) mass is 1460 g/mol. The van der Waals surface area contributed by atoms with Crippen LogP contribution in [0.2, 0.25) is 0 Å². The SMILES string of the molecule is CCC1CN(CCOc2ccc([C@@H]3c4ccc([C@@H](C)O)cc4C[C@@H](C)N3CC(F)(F)CO)cc2)C1.CCC1CN(CCOc2ccc([C@@H]3c4ccc([C@H](C)O)cc4C[C@@H](C)N3CC(F)(F)CO)cc2)C1.CCC1CN(CCOc2ccc([C@H]3c4ccc(C(C)=O)cc4C[C@H](C)N3CC(F)(F)CO)cc2)C1. The molecule has 0 aliphatic carbocycles. The number of Topliss-reactive ketones (excluding diaryl/α,β-unsaturated/α-hetero) is 1. The summed E-state index contributed by atoms with van der Waals surface area (Å²) in [5, 5.41) is 47.8. The molecule has 3 fully saturated rings. The highest BCUT2D eigenvalue weighted by atomic mass is 19.3. The predicted molar refractivity (Wildman–Crippen MR) is 398 cm³/mol. The van der Waals surface area contributed by atoms with Crippen molar-refractivity contribution < 1.29 is 70.9 Å². The minimum Gasteiger partial charge on any atom is -0.492 e. The van der Waals surface area contributed by atoms with E-state index in [2.05, 4.69) is 35.5 Å². The molecule has 15 nitrogen and oxygen atoms in total. The number of ketones is 1. The lowest BCUT2D eigenvalue weighted by atomic mass is 9.83. The Hall–Kier alpha value is -6.47. The molecule has 105 heavy (non-hydrogen) atoms. The molecule has 5 N–H and O–H groups in total. The van der Waals surface area contributed by atoms with Gasteiger partial charge < -0.3 is 39.7 Å². The predicted octanol–water partition coefficient (Wildman–Crippen LogP) is 13.4. The zero-order valence-corrected chi connectivity index (χ0v) is 62.8. The van der Waals surface area contributed by atoms with E-state index < -0.39 is 75.5 Å². The first-order valence-corrected chi connectivity index (χ1v) is 38.0. The van der Waals surface area contributed by atoms with E-state index in [9.17, 15) is 56.7 Å². The molecule has 8 atom stereocenters. The van der Waals surface area contributed by atoms with Crippen LogP contribution in [0.15, 0.2) is 127 Å². The van der Waals surface area contributed by atoms with Gasteiger partial charge in [0.2, 0.25) is 0 Å². The van der Waals surface area contributed by atoms with Crippen molar-refractivity contribution in [3.8, 4) is 17.2 Å². The average molecular weight is 1460 g/mol. The Morgan fingerprint density at radius 2 is 0.714 bits per heavy atom. The van der Waals surface area contributed by atoms with Crippen molar-refractivity contribution in [1.29, 1.82) is 0 Å². The van der Waals surface area contributed by atoms with E-state index in [-0.39, 0.29) is 36.0 Å². The topological polar surface area (TPSA) is 165 Å². The Balaban J connectivity index is 0.000000169. The normalized spacial score (nSPS) is 22.1. The maximum absolute atomic E-state index is 14.3. The van der Waals surface area contributed by atoms with Gasteiger partial charge in [0.25, 0.3) is 17.8 Å². The molecule has 0 spiro atoms. The van der Waals surface area contributed by atoms with Crippen molar-refractivity contribution in [2.45, 2.75) is 167 Å². The highest BCUT2D eigenvalue weighted by molar-refractivity contribution is 5.94. The molecule has 0 unspecified atom stereocenters. The standard InChI is InChI=1S/2C28H38F2N2O3.C28H36F2N2O3/c3*1-4-21-15-31(16-21)11-12-35-25-8-5-22(6-9-25)27-26-10-7-23(20(3)34)14-24(26)13-19(2)32(27)17-28(29,30)18-33/h2*5-10,14,19-21,27,33-34H,4,11-13,15-18H2,1-3H3;5-10,14,19,21,27,33H,4,11-13,15-18H2,1-3H3/t19-,20+,27-;19-,20-,27-;19-,27-/m110/s1. The molecule has 6 aliphatic rings. The number of hydrogen-bond donors (Lipinski definition) is 5. The van der Waals surface area contributed by atoms with Gasteiger partial charge in [0, 0.05) is 82.6 Å². The number of carbonyl (C=O) groups is 1. The van der Waals surface area contributed by atoms with Crippen molar-refractivity contribution in [1.82, 2.24) is 29.4 Å². The van der Waals surface area contributed by atoms with E-state index in [1.54, 1.807) is 34.6 Å². The Labute approximate surface area is 617 Å². The summed E-state index contributed by atoms with van der Waals surface area (Å²) < 4.78 is 104. The molecule has 6 heterocycles. The van der Waals surface area contributed by atoms with Crippen LogP contribution < -0.4 is 14.2 Å². The number of aliphatic hydroxyl groups is 5. The molecule has 0 amide bonds. The number of nitrogens with zero attached hydrogens (tertiary/aromatic N) is 6. The van der Waals surface area contributed by atoms with Crippen molar-refractivity contribution in [3.63, 3.8) is 0 Å². The molecular weight excluding hydrogens is 1350 g/mol. The molecule has 574 valence electrons. The maximum atomic E-state index is 14.3. The summed E-state index contributed by atoms with van der Waals surface area (Å²) in [7, 11) is 0. The van der Waals surface area contributed by atoms with Crippen LogP contribution in [0.1, 0.15) is 183 Å². The number of hydrogen-bond acceptors (Lipinski definition) is 15. The highest BCUT2D eigenvalue weighted by Gasteiger charge is 2.44. The molecule has 6 aromatic carbocycles. The summed E-state index contributed by atoms with van der Waals surface area (Å²) in [6, 6.07) is 38.5. The zero-order chi connectivity index (χ0) is 75.5. The molecule has 21 heteroatoms. The van der Waals surface area contributed by atoms with Gasteiger partial charge in [0.1, 0.15) is 56.9 Å². The van der Waals surface area contributed by atoms with Gasteiger partial charge in [0.15, 0.2) is 5.78 Å². The third-order valence-corrected chi connectivity index (χ3v) is 22.4. The first-order chi connectivity index (χ1) is 50.1. The minimum absolute atomic E-state index is 0.0174. The van der Waals surface area contributed by atoms with Gasteiger partial charge in [0.05, 0.1) is 50.0 Å². The Kier molecular flexibility index (Phi) is 27.9. The number of ether oxygens (including phenoxy) is 3. The number of likely N-dealkylation sites (tertiary alicyclic amines) is 3. The van der Waals surface area contributed by atoms with Crippen molar-refractivity contribution in [2.24, 2.45) is 17.8 Å². The second-order valence-electron chi connectivity index (χ2n) is 30.5. The summed E-state index contributed by atoms with van der Waals surface area (Å²) in [4.78, 5) is 24.4. The van der Waals surface area contributed by atoms with Gasteiger partial charge in [-0.1, -0.05) is 125 Å². The van der Waals surface area contributed by atoms with Gasteiger partial charge in [-0.05, 0) is 182 Å². The molecule has 12 rings (SSSR count). The summed E-state index contributed by atoms with van der Waals surface area (Å²) in [5.41, 5.74) is 10.9. The average Bonchev–Trinajstić information content (AvgIpc) is 0.770. The van der Waals surface area contributed by atoms with Crippen LogP contribution in [0.3, 0.4) is 0 Å². The van der Waals surface area contributed by atoms with E-state index in [1.165, 1.54) is 26.2 Å². The van der Waals surface area contributed by atoms with E-state index >= 15 is 0 Å². The van der Waals surface area contributed by atoms with Gasteiger partial charge >= 0.3 is 0 Å². The number of fused-ring (bicyclic) bond motifs is 3. The lowest BCUT2D eigenvalue weighted by molar-refractivity contribution is -0.0864. The lowest BCUT2D eigenvalue weighted by Crippen LogP contribution is -2.49. The van der Waals surface area contributed by atoms with E-state index in [0.29, 0.717) is 44.6 Å². The second kappa shape index (κ2) is 36.2. The van der Waals surface area contributed by atoms with Crippen LogP contribution in [-0.4, -0.2) is 215 Å². The number of halogens is 6. The quantitative estimate of drug-likeness (QED) is 0.0213. The number of benzene rings is 6. The van der Waals surface area contributed by atoms with E-state index in [4.69, 9.17) is 14.2 Å². The molecule has 6 aromatic rings. The summed E-state index contributed by atoms with van der Waals surface area (Å²) in [6.07, 6.45) is 4.25. The highest BCUT2D eigenvalue weighted by Crippen LogP contribution is 2.45. The Morgan fingerprint density at radius 1 is 0.438 bits per heavy atom. The molecular formula is C84H112F6N6O9. The third-order valence-electron chi connectivity index (χ3n) is 22.4. The van der Waals surface area contributed by atoms with E-state index in [0.717, 1.165) is 155 Å². The van der Waals surface area contributed by atoms with Crippen LogP contribution in [0.4, 0.5) is 26.3 Å². The van der Waals surface area contributed by atoms with Gasteiger partial charge in [-0.3, -0.25) is 34.2 Å². The smallest absolute Gasteiger partial charge is 0.283 e. The van der Waals surface area contributed by atoms with Gasteiger partial charge in [-0.15, -0.1) is 0 Å². The second-order valence-corrected chi connectivity index (χ2v) is 30.5. The van der Waals surface area contributed by atoms with Crippen molar-refractivity contribution in [3.05, 3.63) is 194 Å². The summed E-state index contributed by atoms with van der Waals surface area (Å²) in [5.74, 6) is -4.89. The molecule has 0 radical (unpaired) electrons. The summed E-state index contributed by atoms with van der Waals surface area (Å²) in [6.45, 7) is 23.7. The minimum atomic E-state index is -3.21. The number of carbonyl (C=O) groups excluding carboxylic acids is 1. The molecule has 0 bridgehead atoms. The van der Waals surface area contributed by atoms with Crippen LogP contribution in [0.25, 0.3) is 0 Å². The first-order valence-electron chi connectivity index (χ1n) is 38.0. The number of aliphatic hydroxyl groups excluding tert-OH is 5. The molecule has 0 aromatic heterocycles. The van der Waals surface area contributed by atoms with Gasteiger partial charge in [-0.25, -0.2) is 26.3 Å². The van der Waals surface area contributed by atoms with Crippen LogP contribution in [0, 0.1) is 17.8 Å². The third kappa shape index (κ3) is 20.9. The molecule has 0 saturated carbocycles. The van der Waals surface area contributed by atoms with Crippen LogP contribution in [-0.2, 0) is 19.3 Å². The van der Waals surface area contributed by atoms with E-state index in [1.807, 2.05) is 142 Å². The molecule has 6 aliphatic heterocycles. The summed E-state index contributed by atoms with van der Waals surface area (Å²) >= 11 is 0. The van der Waals surface area contributed by atoms with Crippen LogP contribution in [0.5, 0.6) is 17.2 Å². The number of rotatable bonds is 30. The van der Waals surface area contributed by atoms with Crippen LogP contribution >= 0.6 is 0 Å². The fraction of sp³-hybridized carbons (Fsp3) is 0.560. The zero-order valence-electron chi connectivity index (χ0n) is 62.8. The largest absolute Gasteiger partial charge is 0.492 e. The fourth-order valence-corrected chi connectivity index (χ4v) is 15.8. The first kappa shape index (κ1) is 81.1. The fourth-order valence-electron chi connectivity index (χ4n) is 15.8. The lowest BCUT2D eigenvalue weighted by Gasteiger charge is -2.43. The van der Waals surface area contributed by atoms with Gasteiger partial charge in [-0.2, -0.15) is 0 Å². The molecule has 3 saturated heterocycles. The Bertz CT molecular complexity index is 3580. The van der Waals surface area contributed by atoms with Crippen molar-refractivity contribution >= 4 is 5.78 Å². The number of alkyl halides is 6.